The molecule has 0 saturated heterocycles. The molecule has 0 bridgehead atoms. The van der Waals surface area contributed by atoms with Gasteiger partial charge in [-0.2, -0.15) is 5.10 Å². The molecule has 1 atom stereocenters. The highest BCUT2D eigenvalue weighted by atomic mass is 16.2. The van der Waals surface area contributed by atoms with Crippen LogP contribution in [0.5, 0.6) is 0 Å². The van der Waals surface area contributed by atoms with Crippen molar-refractivity contribution >= 4 is 11.6 Å². The first kappa shape index (κ1) is 11.3. The normalized spacial score (nSPS) is 12.1. The van der Waals surface area contributed by atoms with E-state index in [1.165, 1.54) is 0 Å². The number of anilines is 1. The molecule has 0 aliphatic rings. The molecule has 5 nitrogen and oxygen atoms in total. The second-order valence-corrected chi connectivity index (χ2v) is 3.78. The lowest BCUT2D eigenvalue weighted by molar-refractivity contribution is -0.117. The highest BCUT2D eigenvalue weighted by molar-refractivity contribution is 5.94. The van der Waals surface area contributed by atoms with E-state index in [9.17, 15) is 4.79 Å². The maximum absolute atomic E-state index is 11.4. The number of hydrogen-bond acceptors (Lipinski definition) is 3. The van der Waals surface area contributed by atoms with Crippen LogP contribution in [0.15, 0.2) is 42.7 Å². The predicted octanol–water partition coefficient (Wildman–Crippen LogP) is 1.16. The van der Waals surface area contributed by atoms with Crippen molar-refractivity contribution in [3.05, 3.63) is 42.7 Å². The van der Waals surface area contributed by atoms with Crippen LogP contribution < -0.4 is 11.1 Å². The van der Waals surface area contributed by atoms with Crippen molar-refractivity contribution < 1.29 is 4.79 Å². The molecule has 2 aromatic rings. The second-order valence-electron chi connectivity index (χ2n) is 3.78. The number of benzene rings is 1. The summed E-state index contributed by atoms with van der Waals surface area (Å²) in [6.45, 7) is 1.65. The fourth-order valence-electron chi connectivity index (χ4n) is 1.38. The number of nitrogens with one attached hydrogen (secondary N) is 1. The number of rotatable bonds is 3. The van der Waals surface area contributed by atoms with Crippen molar-refractivity contribution in [1.29, 1.82) is 0 Å². The molecule has 1 heterocycles. The molecule has 0 radical (unpaired) electrons. The lowest BCUT2D eigenvalue weighted by atomic mass is 10.2. The number of amides is 1. The number of nitrogens with two attached hydrogens (primary N) is 1. The van der Waals surface area contributed by atoms with Crippen molar-refractivity contribution in [2.75, 3.05) is 5.32 Å². The summed E-state index contributed by atoms with van der Waals surface area (Å²) < 4.78 is 1.75. The first-order valence-corrected chi connectivity index (χ1v) is 5.33. The van der Waals surface area contributed by atoms with E-state index in [-0.39, 0.29) is 5.91 Å². The van der Waals surface area contributed by atoms with Crippen LogP contribution >= 0.6 is 0 Å². The minimum Gasteiger partial charge on any atom is -0.325 e. The van der Waals surface area contributed by atoms with Crippen LogP contribution in [0, 0.1) is 0 Å². The summed E-state index contributed by atoms with van der Waals surface area (Å²) >= 11 is 0. The Balaban J connectivity index is 2.11. The zero-order valence-electron chi connectivity index (χ0n) is 9.50. The third-order valence-corrected chi connectivity index (χ3v) is 2.32. The Morgan fingerprint density at radius 2 is 2.12 bits per heavy atom. The molecule has 1 unspecified atom stereocenters. The third-order valence-electron chi connectivity index (χ3n) is 2.32. The van der Waals surface area contributed by atoms with Gasteiger partial charge >= 0.3 is 0 Å². The first-order valence-electron chi connectivity index (χ1n) is 5.33. The molecule has 1 aromatic carbocycles. The molecule has 2 rings (SSSR count). The molecule has 1 aromatic heterocycles. The van der Waals surface area contributed by atoms with Crippen molar-refractivity contribution in [2.24, 2.45) is 5.73 Å². The Morgan fingerprint density at radius 1 is 1.41 bits per heavy atom. The van der Waals surface area contributed by atoms with Crippen LogP contribution in [0.4, 0.5) is 5.69 Å². The van der Waals surface area contributed by atoms with E-state index in [0.29, 0.717) is 0 Å². The molecule has 0 spiro atoms. The molecule has 3 N–H and O–H groups in total. The van der Waals surface area contributed by atoms with Gasteiger partial charge in [0.05, 0.1) is 11.7 Å². The number of nitrogens with zero attached hydrogens (tertiary/aromatic N) is 2. The predicted molar refractivity (Wildman–Crippen MR) is 65.8 cm³/mol. The van der Waals surface area contributed by atoms with Crippen LogP contribution in [-0.2, 0) is 4.79 Å². The van der Waals surface area contributed by atoms with E-state index < -0.39 is 6.04 Å². The van der Waals surface area contributed by atoms with E-state index in [2.05, 4.69) is 10.4 Å². The summed E-state index contributed by atoms with van der Waals surface area (Å²) in [5, 5.41) is 6.83. The van der Waals surface area contributed by atoms with Crippen LogP contribution in [-0.4, -0.2) is 21.7 Å². The van der Waals surface area contributed by atoms with E-state index >= 15 is 0 Å². The minimum absolute atomic E-state index is 0.197. The van der Waals surface area contributed by atoms with Gasteiger partial charge in [0.15, 0.2) is 0 Å². The molecule has 1 amide bonds. The number of aromatic nitrogens is 2. The second kappa shape index (κ2) is 4.80. The molecule has 0 saturated carbocycles. The number of hydrogen-bond donors (Lipinski definition) is 2. The summed E-state index contributed by atoms with van der Waals surface area (Å²) in [5.41, 5.74) is 7.13. The van der Waals surface area contributed by atoms with Gasteiger partial charge < -0.3 is 11.1 Å². The molecule has 0 aliphatic heterocycles. The number of carbonyl (C=O) groups excluding carboxylic acids is 1. The lowest BCUT2D eigenvalue weighted by Crippen LogP contribution is -2.32. The highest BCUT2D eigenvalue weighted by Crippen LogP contribution is 2.12. The van der Waals surface area contributed by atoms with Gasteiger partial charge in [-0.05, 0) is 37.3 Å². The topological polar surface area (TPSA) is 72.9 Å². The molecule has 0 aliphatic carbocycles. The monoisotopic (exact) mass is 230 g/mol. The van der Waals surface area contributed by atoms with Gasteiger partial charge in [0.2, 0.25) is 5.91 Å². The van der Waals surface area contributed by atoms with Gasteiger partial charge in [0, 0.05) is 18.1 Å². The minimum atomic E-state index is -0.513. The van der Waals surface area contributed by atoms with E-state index in [1.54, 1.807) is 17.8 Å². The highest BCUT2D eigenvalue weighted by Gasteiger charge is 2.07. The van der Waals surface area contributed by atoms with Gasteiger partial charge in [0.1, 0.15) is 0 Å². The zero-order valence-corrected chi connectivity index (χ0v) is 9.50. The molecular formula is C12H14N4O. The van der Waals surface area contributed by atoms with Crippen LogP contribution in [0.25, 0.3) is 5.69 Å². The van der Waals surface area contributed by atoms with Gasteiger partial charge in [-0.15, -0.1) is 0 Å². The third kappa shape index (κ3) is 2.70. The van der Waals surface area contributed by atoms with Crippen molar-refractivity contribution in [1.82, 2.24) is 9.78 Å². The molecule has 17 heavy (non-hydrogen) atoms. The Labute approximate surface area is 99.2 Å². The van der Waals surface area contributed by atoms with Crippen molar-refractivity contribution in [3.63, 3.8) is 0 Å². The van der Waals surface area contributed by atoms with Gasteiger partial charge in [0.25, 0.3) is 0 Å². The summed E-state index contributed by atoms with van der Waals surface area (Å²) in [5.74, 6) is -0.197. The van der Waals surface area contributed by atoms with E-state index in [0.717, 1.165) is 11.4 Å². The fraction of sp³-hybridized carbons (Fsp3) is 0.167. The number of carbonyl (C=O) groups is 1. The maximum atomic E-state index is 11.4. The fourth-order valence-corrected chi connectivity index (χ4v) is 1.38. The van der Waals surface area contributed by atoms with Crippen LogP contribution in [0.3, 0.4) is 0 Å². The Kier molecular flexibility index (Phi) is 3.20. The summed E-state index contributed by atoms with van der Waals surface area (Å²) in [6.07, 6.45) is 3.57. The summed E-state index contributed by atoms with van der Waals surface area (Å²) in [6, 6.07) is 8.73. The Hall–Kier alpha value is -2.14. The average Bonchev–Trinajstić information content (AvgIpc) is 2.83. The molecule has 0 fully saturated rings. The molecule has 88 valence electrons. The van der Waals surface area contributed by atoms with Crippen LogP contribution in [0.2, 0.25) is 0 Å². The van der Waals surface area contributed by atoms with Gasteiger partial charge in [-0.3, -0.25) is 4.79 Å². The average molecular weight is 230 g/mol. The first-order chi connectivity index (χ1) is 8.16. The molecule has 5 heteroatoms. The largest absolute Gasteiger partial charge is 0.325 e. The van der Waals surface area contributed by atoms with Crippen LogP contribution in [0.1, 0.15) is 6.92 Å². The lowest BCUT2D eigenvalue weighted by Gasteiger charge is -2.08. The van der Waals surface area contributed by atoms with Gasteiger partial charge in [-0.1, -0.05) is 0 Å². The van der Waals surface area contributed by atoms with Crippen molar-refractivity contribution in [2.45, 2.75) is 13.0 Å². The zero-order chi connectivity index (χ0) is 12.3. The maximum Gasteiger partial charge on any atom is 0.240 e. The van der Waals surface area contributed by atoms with Crippen molar-refractivity contribution in [3.8, 4) is 5.69 Å². The molecular weight excluding hydrogens is 216 g/mol. The van der Waals surface area contributed by atoms with E-state index in [1.807, 2.05) is 36.5 Å². The Bertz CT molecular complexity index is 488. The summed E-state index contributed by atoms with van der Waals surface area (Å²) in [4.78, 5) is 11.4. The van der Waals surface area contributed by atoms with Gasteiger partial charge in [-0.25, -0.2) is 4.68 Å². The smallest absolute Gasteiger partial charge is 0.240 e. The SMILES string of the molecule is CC(N)C(=O)Nc1ccc(-n2cccn2)cc1. The Morgan fingerprint density at radius 3 is 2.65 bits per heavy atom. The van der Waals surface area contributed by atoms with E-state index in [4.69, 9.17) is 5.73 Å². The quantitative estimate of drug-likeness (QED) is 0.831. The summed E-state index contributed by atoms with van der Waals surface area (Å²) in [7, 11) is 0. The standard InChI is InChI=1S/C12H14N4O/c1-9(13)12(17)15-10-3-5-11(6-4-10)16-8-2-7-14-16/h2-9H,13H2,1H3,(H,15,17).